The van der Waals surface area contributed by atoms with Crippen LogP contribution in [0.3, 0.4) is 0 Å². The Bertz CT molecular complexity index is 489. The molecule has 3 nitrogen and oxygen atoms in total. The molecule has 0 aliphatic carbocycles. The zero-order valence-electron chi connectivity index (χ0n) is 7.82. The highest BCUT2D eigenvalue weighted by atomic mass is 32.2. The van der Waals surface area contributed by atoms with Crippen LogP contribution in [0.2, 0.25) is 0 Å². The molecule has 0 saturated heterocycles. The van der Waals surface area contributed by atoms with Gasteiger partial charge in [0, 0.05) is 5.70 Å². The van der Waals surface area contributed by atoms with E-state index in [2.05, 4.69) is 5.32 Å². The normalized spacial score (nSPS) is 21.4. The van der Waals surface area contributed by atoms with E-state index in [9.17, 15) is 8.42 Å². The molecule has 1 aliphatic heterocycles. The molecule has 2 rings (SSSR count). The molecule has 0 unspecified atom stereocenters. The van der Waals surface area contributed by atoms with Crippen molar-refractivity contribution in [1.29, 1.82) is 0 Å². The van der Waals surface area contributed by atoms with Crippen LogP contribution in [-0.4, -0.2) is 14.2 Å². The molecule has 0 amide bonds. The predicted molar refractivity (Wildman–Crippen MR) is 55.9 cm³/mol. The Kier molecular flexibility index (Phi) is 2.07. The number of hydrogen-bond acceptors (Lipinski definition) is 3. The largest absolute Gasteiger partial charge is 0.357 e. The zero-order chi connectivity index (χ0) is 10.2. The van der Waals surface area contributed by atoms with Gasteiger partial charge in [-0.25, -0.2) is 8.42 Å². The van der Waals surface area contributed by atoms with Crippen LogP contribution in [0.25, 0.3) is 0 Å². The van der Waals surface area contributed by atoms with Crippen molar-refractivity contribution in [3.05, 3.63) is 36.0 Å². The first-order chi connectivity index (χ1) is 6.63. The van der Waals surface area contributed by atoms with E-state index in [-0.39, 0.29) is 5.75 Å². The minimum atomic E-state index is -3.13. The summed E-state index contributed by atoms with van der Waals surface area (Å²) >= 11 is 0. The maximum Gasteiger partial charge on any atom is 0.186 e. The first-order valence-electron chi connectivity index (χ1n) is 4.37. The number of hydrogen-bond donors (Lipinski definition) is 1. The molecule has 1 aliphatic rings. The second kappa shape index (κ2) is 3.13. The lowest BCUT2D eigenvalue weighted by atomic mass is 10.3. The summed E-state index contributed by atoms with van der Waals surface area (Å²) in [5, 5.41) is 3.08. The van der Waals surface area contributed by atoms with Gasteiger partial charge < -0.3 is 5.32 Å². The Morgan fingerprint density at radius 2 is 2.07 bits per heavy atom. The third kappa shape index (κ3) is 1.42. The molecule has 0 fully saturated rings. The minimum absolute atomic E-state index is 0.0700. The van der Waals surface area contributed by atoms with Crippen LogP contribution < -0.4 is 5.32 Å². The molecule has 0 bridgehead atoms. The van der Waals surface area contributed by atoms with Gasteiger partial charge >= 0.3 is 0 Å². The van der Waals surface area contributed by atoms with Crippen molar-refractivity contribution in [2.45, 2.75) is 11.8 Å². The van der Waals surface area contributed by atoms with E-state index in [1.807, 2.05) is 13.0 Å². The standard InChI is InChI=1S/C10H11NO2S/c1-2-8-7-14(12,13)10-6-4-3-5-9(10)11-8/h2-6,11H,7H2,1H3/b8-2-. The molecule has 1 aromatic carbocycles. The highest BCUT2D eigenvalue weighted by Gasteiger charge is 2.25. The van der Waals surface area contributed by atoms with Crippen LogP contribution in [0.4, 0.5) is 5.69 Å². The Hall–Kier alpha value is -1.29. The zero-order valence-corrected chi connectivity index (χ0v) is 8.64. The van der Waals surface area contributed by atoms with E-state index in [0.717, 1.165) is 5.70 Å². The second-order valence-corrected chi connectivity index (χ2v) is 5.15. The highest BCUT2D eigenvalue weighted by Crippen LogP contribution is 2.28. The number of rotatable bonds is 0. The number of anilines is 1. The summed E-state index contributed by atoms with van der Waals surface area (Å²) in [6, 6.07) is 6.96. The van der Waals surface area contributed by atoms with Gasteiger partial charge in [0.25, 0.3) is 0 Å². The average molecular weight is 209 g/mol. The molecule has 4 heteroatoms. The number of sulfone groups is 1. The summed E-state index contributed by atoms with van der Waals surface area (Å²) in [6.45, 7) is 1.83. The lowest BCUT2D eigenvalue weighted by Gasteiger charge is -2.20. The molecule has 74 valence electrons. The van der Waals surface area contributed by atoms with E-state index in [0.29, 0.717) is 10.6 Å². The van der Waals surface area contributed by atoms with Crippen LogP contribution >= 0.6 is 0 Å². The molecule has 1 heterocycles. The topological polar surface area (TPSA) is 46.2 Å². The van der Waals surface area contributed by atoms with Gasteiger partial charge in [-0.05, 0) is 19.1 Å². The fraction of sp³-hybridized carbons (Fsp3) is 0.200. The Morgan fingerprint density at radius 3 is 2.79 bits per heavy atom. The monoisotopic (exact) mass is 209 g/mol. The summed E-state index contributed by atoms with van der Waals surface area (Å²) in [5.41, 5.74) is 1.41. The maximum atomic E-state index is 11.8. The first-order valence-corrected chi connectivity index (χ1v) is 6.03. The van der Waals surface area contributed by atoms with E-state index >= 15 is 0 Å². The van der Waals surface area contributed by atoms with Gasteiger partial charge in [0.2, 0.25) is 0 Å². The first kappa shape index (κ1) is 9.27. The van der Waals surface area contributed by atoms with Gasteiger partial charge in [-0.3, -0.25) is 0 Å². The van der Waals surface area contributed by atoms with E-state index in [4.69, 9.17) is 0 Å². The van der Waals surface area contributed by atoms with Crippen molar-refractivity contribution in [1.82, 2.24) is 0 Å². The number of fused-ring (bicyclic) bond motifs is 1. The lowest BCUT2D eigenvalue weighted by molar-refractivity contribution is 0.597. The molecule has 0 aromatic heterocycles. The summed E-state index contributed by atoms with van der Waals surface area (Å²) in [6.07, 6.45) is 1.79. The van der Waals surface area contributed by atoms with Gasteiger partial charge in [0.05, 0.1) is 16.3 Å². The van der Waals surface area contributed by atoms with Gasteiger partial charge in [-0.2, -0.15) is 0 Å². The van der Waals surface area contributed by atoms with Crippen molar-refractivity contribution in [2.75, 3.05) is 11.1 Å². The SMILES string of the molecule is C/C=C1/CS(=O)(=O)c2ccccc2N1. The van der Waals surface area contributed by atoms with Crippen molar-refractivity contribution >= 4 is 15.5 Å². The number of para-hydroxylation sites is 1. The highest BCUT2D eigenvalue weighted by molar-refractivity contribution is 7.91. The van der Waals surface area contributed by atoms with E-state index in [1.165, 1.54) is 0 Å². The fourth-order valence-corrected chi connectivity index (χ4v) is 3.03. The van der Waals surface area contributed by atoms with Crippen LogP contribution in [0.15, 0.2) is 40.9 Å². The van der Waals surface area contributed by atoms with Crippen LogP contribution in [0.1, 0.15) is 6.92 Å². The summed E-state index contributed by atoms with van der Waals surface area (Å²) < 4.78 is 23.5. The van der Waals surface area contributed by atoms with Gasteiger partial charge in [-0.1, -0.05) is 18.2 Å². The van der Waals surface area contributed by atoms with Crippen molar-refractivity contribution in [2.24, 2.45) is 0 Å². The minimum Gasteiger partial charge on any atom is -0.357 e. The Labute approximate surface area is 83.4 Å². The van der Waals surface area contributed by atoms with Crippen LogP contribution in [-0.2, 0) is 9.84 Å². The predicted octanol–water partition coefficient (Wildman–Crippen LogP) is 1.79. The summed E-state index contributed by atoms with van der Waals surface area (Å²) in [4.78, 5) is 0.394. The third-order valence-electron chi connectivity index (χ3n) is 2.21. The van der Waals surface area contributed by atoms with E-state index < -0.39 is 9.84 Å². The van der Waals surface area contributed by atoms with Gasteiger partial charge in [0.1, 0.15) is 0 Å². The maximum absolute atomic E-state index is 11.8. The molecule has 1 N–H and O–H groups in total. The molecule has 14 heavy (non-hydrogen) atoms. The van der Waals surface area contributed by atoms with Gasteiger partial charge in [0.15, 0.2) is 9.84 Å². The molecule has 0 atom stereocenters. The Balaban J connectivity index is 2.64. The van der Waals surface area contributed by atoms with E-state index in [1.54, 1.807) is 24.3 Å². The molecule has 0 spiro atoms. The van der Waals surface area contributed by atoms with Gasteiger partial charge in [-0.15, -0.1) is 0 Å². The molecule has 0 radical (unpaired) electrons. The molecule has 1 aromatic rings. The van der Waals surface area contributed by atoms with Crippen LogP contribution in [0.5, 0.6) is 0 Å². The summed E-state index contributed by atoms with van der Waals surface area (Å²) in [5.74, 6) is 0.0700. The number of allylic oxidation sites excluding steroid dienone is 1. The van der Waals surface area contributed by atoms with Crippen LogP contribution in [0, 0.1) is 0 Å². The van der Waals surface area contributed by atoms with Crippen molar-refractivity contribution in [3.63, 3.8) is 0 Å². The number of nitrogens with one attached hydrogen (secondary N) is 1. The molecule has 0 saturated carbocycles. The number of benzene rings is 1. The van der Waals surface area contributed by atoms with Crippen molar-refractivity contribution < 1.29 is 8.42 Å². The quantitative estimate of drug-likeness (QED) is 0.708. The smallest absolute Gasteiger partial charge is 0.186 e. The second-order valence-electron chi connectivity index (χ2n) is 3.19. The average Bonchev–Trinajstić information content (AvgIpc) is 2.17. The summed E-state index contributed by atoms with van der Waals surface area (Å²) in [7, 11) is -3.13. The molecular formula is C10H11NO2S. The fourth-order valence-electron chi connectivity index (χ4n) is 1.49. The van der Waals surface area contributed by atoms with Crippen molar-refractivity contribution in [3.8, 4) is 0 Å². The molecular weight excluding hydrogens is 198 g/mol. The lowest BCUT2D eigenvalue weighted by Crippen LogP contribution is -2.21. The Morgan fingerprint density at radius 1 is 1.36 bits per heavy atom. The third-order valence-corrected chi connectivity index (χ3v) is 3.93.